The van der Waals surface area contributed by atoms with Crippen molar-refractivity contribution in [2.45, 2.75) is 49.7 Å². The SMILES string of the molecule is Cc1ccc(C(=O)C(C)Sc2nnc(COc3ccccc3Cl)n2C2CC2)cc1. The second-order valence-electron chi connectivity index (χ2n) is 7.21. The number of Topliss-reactive ketones (excluding diaryl/α,β-unsaturated/α-hetero) is 1. The van der Waals surface area contributed by atoms with E-state index in [1.54, 1.807) is 6.07 Å². The van der Waals surface area contributed by atoms with Gasteiger partial charge in [0.2, 0.25) is 0 Å². The van der Waals surface area contributed by atoms with Crippen molar-refractivity contribution in [3.63, 3.8) is 0 Å². The second-order valence-corrected chi connectivity index (χ2v) is 8.92. The summed E-state index contributed by atoms with van der Waals surface area (Å²) in [5, 5.41) is 9.76. The Morgan fingerprint density at radius 1 is 1.21 bits per heavy atom. The maximum atomic E-state index is 12.8. The molecule has 0 amide bonds. The van der Waals surface area contributed by atoms with E-state index in [2.05, 4.69) is 14.8 Å². The molecule has 4 rings (SSSR count). The van der Waals surface area contributed by atoms with Gasteiger partial charge in [-0.2, -0.15) is 0 Å². The molecule has 0 spiro atoms. The zero-order valence-corrected chi connectivity index (χ0v) is 17.9. The number of rotatable bonds is 8. The van der Waals surface area contributed by atoms with Gasteiger partial charge in [0.05, 0.1) is 10.3 Å². The first kappa shape index (κ1) is 20.0. The van der Waals surface area contributed by atoms with Crippen LogP contribution in [0.2, 0.25) is 5.02 Å². The molecular formula is C22H22ClN3O2S. The first-order valence-electron chi connectivity index (χ1n) is 9.61. The minimum absolute atomic E-state index is 0.0919. The molecule has 3 aromatic rings. The van der Waals surface area contributed by atoms with Gasteiger partial charge in [0.25, 0.3) is 0 Å². The van der Waals surface area contributed by atoms with Crippen LogP contribution in [-0.2, 0) is 6.61 Å². The molecule has 0 aliphatic heterocycles. The van der Waals surface area contributed by atoms with Crippen LogP contribution < -0.4 is 4.74 Å². The van der Waals surface area contributed by atoms with Crippen molar-refractivity contribution in [2.24, 2.45) is 0 Å². The molecule has 0 saturated heterocycles. The molecule has 29 heavy (non-hydrogen) atoms. The van der Waals surface area contributed by atoms with Crippen molar-refractivity contribution in [1.29, 1.82) is 0 Å². The third kappa shape index (κ3) is 4.65. The summed E-state index contributed by atoms with van der Waals surface area (Å²) in [7, 11) is 0. The lowest BCUT2D eigenvalue weighted by Crippen LogP contribution is -2.15. The quantitative estimate of drug-likeness (QED) is 0.350. The Labute approximate surface area is 179 Å². The predicted molar refractivity (Wildman–Crippen MR) is 115 cm³/mol. The molecule has 5 nitrogen and oxygen atoms in total. The van der Waals surface area contributed by atoms with E-state index in [0.29, 0.717) is 16.8 Å². The van der Waals surface area contributed by atoms with Crippen molar-refractivity contribution in [1.82, 2.24) is 14.8 Å². The van der Waals surface area contributed by atoms with Crippen LogP contribution in [0.25, 0.3) is 0 Å². The van der Waals surface area contributed by atoms with Crippen LogP contribution in [0.3, 0.4) is 0 Å². The molecular weight excluding hydrogens is 406 g/mol. The van der Waals surface area contributed by atoms with Crippen LogP contribution in [0.15, 0.2) is 53.7 Å². The lowest BCUT2D eigenvalue weighted by Gasteiger charge is -2.13. The number of halogens is 1. The molecule has 0 radical (unpaired) electrons. The third-order valence-corrected chi connectivity index (χ3v) is 6.20. The van der Waals surface area contributed by atoms with Gasteiger partial charge in [0.1, 0.15) is 12.4 Å². The van der Waals surface area contributed by atoms with Crippen molar-refractivity contribution in [2.75, 3.05) is 0 Å². The number of benzene rings is 2. The van der Waals surface area contributed by atoms with E-state index in [0.717, 1.165) is 34.9 Å². The maximum Gasteiger partial charge on any atom is 0.192 e. The molecule has 1 heterocycles. The van der Waals surface area contributed by atoms with Gasteiger partial charge in [-0.1, -0.05) is 65.3 Å². The summed E-state index contributed by atoms with van der Waals surface area (Å²) in [6.07, 6.45) is 2.18. The van der Waals surface area contributed by atoms with E-state index in [4.69, 9.17) is 16.3 Å². The molecule has 1 atom stereocenters. The van der Waals surface area contributed by atoms with Crippen molar-refractivity contribution >= 4 is 29.1 Å². The number of aromatic nitrogens is 3. The Hall–Kier alpha value is -2.31. The summed E-state index contributed by atoms with van der Waals surface area (Å²) >= 11 is 7.62. The lowest BCUT2D eigenvalue weighted by molar-refractivity contribution is 0.0994. The van der Waals surface area contributed by atoms with Crippen molar-refractivity contribution in [3.05, 3.63) is 70.5 Å². The topological polar surface area (TPSA) is 57.0 Å². The number of aryl methyl sites for hydroxylation is 1. The monoisotopic (exact) mass is 427 g/mol. The Morgan fingerprint density at radius 3 is 2.62 bits per heavy atom. The fourth-order valence-corrected chi connectivity index (χ4v) is 4.26. The number of carbonyl (C=O) groups is 1. The minimum atomic E-state index is -0.253. The van der Waals surface area contributed by atoms with Crippen LogP contribution in [-0.4, -0.2) is 25.8 Å². The summed E-state index contributed by atoms with van der Waals surface area (Å²) in [5.74, 6) is 1.47. The van der Waals surface area contributed by atoms with Crippen molar-refractivity contribution < 1.29 is 9.53 Å². The van der Waals surface area contributed by atoms with Gasteiger partial charge in [-0.15, -0.1) is 10.2 Å². The van der Waals surface area contributed by atoms with Crippen LogP contribution in [0.5, 0.6) is 5.75 Å². The molecule has 7 heteroatoms. The number of carbonyl (C=O) groups excluding carboxylic acids is 1. The molecule has 150 valence electrons. The van der Waals surface area contributed by atoms with Gasteiger partial charge in [0.15, 0.2) is 16.8 Å². The summed E-state index contributed by atoms with van der Waals surface area (Å²) < 4.78 is 7.97. The summed E-state index contributed by atoms with van der Waals surface area (Å²) in [6, 6.07) is 15.4. The average molecular weight is 428 g/mol. The Balaban J connectivity index is 1.48. The summed E-state index contributed by atoms with van der Waals surface area (Å²) in [4.78, 5) is 12.8. The maximum absolute atomic E-state index is 12.8. The fraction of sp³-hybridized carbons (Fsp3) is 0.318. The number of ketones is 1. The van der Waals surface area contributed by atoms with E-state index in [1.807, 2.05) is 56.3 Å². The molecule has 0 N–H and O–H groups in total. The zero-order valence-electron chi connectivity index (χ0n) is 16.3. The third-order valence-electron chi connectivity index (χ3n) is 4.83. The van der Waals surface area contributed by atoms with E-state index >= 15 is 0 Å². The summed E-state index contributed by atoms with van der Waals surface area (Å²) in [5.41, 5.74) is 1.86. The highest BCUT2D eigenvalue weighted by Crippen LogP contribution is 2.40. The fourth-order valence-electron chi connectivity index (χ4n) is 3.05. The van der Waals surface area contributed by atoms with Crippen LogP contribution in [0.4, 0.5) is 0 Å². The van der Waals surface area contributed by atoms with Crippen LogP contribution in [0.1, 0.15) is 47.6 Å². The van der Waals surface area contributed by atoms with Gasteiger partial charge in [0, 0.05) is 11.6 Å². The number of thioether (sulfide) groups is 1. The van der Waals surface area contributed by atoms with Gasteiger partial charge in [-0.25, -0.2) is 0 Å². The standard InChI is InChI=1S/C22H22ClN3O2S/c1-14-7-9-16(10-8-14)21(27)15(2)29-22-25-24-20(26(22)17-11-12-17)13-28-19-6-4-3-5-18(19)23/h3-10,15,17H,11-13H2,1-2H3. The zero-order chi connectivity index (χ0) is 20.4. The molecule has 1 aromatic heterocycles. The number of nitrogens with zero attached hydrogens (tertiary/aromatic N) is 3. The lowest BCUT2D eigenvalue weighted by atomic mass is 10.1. The van der Waals surface area contributed by atoms with Gasteiger partial charge >= 0.3 is 0 Å². The number of para-hydroxylation sites is 1. The van der Waals surface area contributed by atoms with E-state index in [9.17, 15) is 4.79 Å². The van der Waals surface area contributed by atoms with Gasteiger partial charge < -0.3 is 4.74 Å². The smallest absolute Gasteiger partial charge is 0.192 e. The molecule has 1 aliphatic carbocycles. The highest BCUT2D eigenvalue weighted by molar-refractivity contribution is 8.00. The van der Waals surface area contributed by atoms with Crippen LogP contribution in [0, 0.1) is 6.92 Å². The molecule has 1 aliphatic rings. The number of ether oxygens (including phenoxy) is 1. The minimum Gasteiger partial charge on any atom is -0.484 e. The van der Waals surface area contributed by atoms with Gasteiger partial charge in [-0.3, -0.25) is 9.36 Å². The summed E-state index contributed by atoms with van der Waals surface area (Å²) in [6.45, 7) is 4.21. The first-order chi connectivity index (χ1) is 14.0. The number of hydrogen-bond donors (Lipinski definition) is 0. The van der Waals surface area contributed by atoms with Crippen molar-refractivity contribution in [3.8, 4) is 5.75 Å². The van der Waals surface area contributed by atoms with Crippen LogP contribution >= 0.6 is 23.4 Å². The Morgan fingerprint density at radius 2 is 1.93 bits per heavy atom. The number of hydrogen-bond acceptors (Lipinski definition) is 5. The Kier molecular flexibility index (Phi) is 5.92. The van der Waals surface area contributed by atoms with E-state index < -0.39 is 0 Å². The second kappa shape index (κ2) is 8.59. The molecule has 1 unspecified atom stereocenters. The molecule has 0 bridgehead atoms. The van der Waals surface area contributed by atoms with E-state index in [1.165, 1.54) is 11.8 Å². The first-order valence-corrected chi connectivity index (χ1v) is 10.9. The Bertz CT molecular complexity index is 1020. The molecule has 2 aromatic carbocycles. The largest absolute Gasteiger partial charge is 0.484 e. The average Bonchev–Trinajstić information content (AvgIpc) is 3.48. The normalized spacial score (nSPS) is 14.6. The molecule has 1 saturated carbocycles. The highest BCUT2D eigenvalue weighted by atomic mass is 35.5. The van der Waals surface area contributed by atoms with Gasteiger partial charge in [-0.05, 0) is 38.8 Å². The van der Waals surface area contributed by atoms with E-state index in [-0.39, 0.29) is 17.6 Å². The highest BCUT2D eigenvalue weighted by Gasteiger charge is 2.31. The predicted octanol–water partition coefficient (Wildman–Crippen LogP) is 5.52. The molecule has 1 fully saturated rings.